The molecule has 3 aromatic rings. The summed E-state index contributed by atoms with van der Waals surface area (Å²) >= 11 is 0. The molecule has 0 saturated carbocycles. The molecule has 0 fully saturated rings. The first kappa shape index (κ1) is 19.3. The Morgan fingerprint density at radius 2 is 1.57 bits per heavy atom. The maximum absolute atomic E-state index is 13.1. The number of nitrogens with one attached hydrogen (secondary N) is 1. The lowest BCUT2D eigenvalue weighted by Gasteiger charge is -2.25. The van der Waals surface area contributed by atoms with E-state index in [1.54, 1.807) is 48.6 Å². The fourth-order valence-electron chi connectivity index (χ4n) is 2.99. The number of hydrogen-bond acceptors (Lipinski definition) is 3. The van der Waals surface area contributed by atoms with E-state index in [9.17, 15) is 9.59 Å². The van der Waals surface area contributed by atoms with Crippen LogP contribution in [0, 0.1) is 0 Å². The van der Waals surface area contributed by atoms with E-state index >= 15 is 0 Å². The fourth-order valence-corrected chi connectivity index (χ4v) is 2.99. The molecule has 0 radical (unpaired) electrons. The lowest BCUT2D eigenvalue weighted by atomic mass is 10.0. The summed E-state index contributed by atoms with van der Waals surface area (Å²) in [7, 11) is 1.74. The van der Waals surface area contributed by atoms with Crippen LogP contribution in [0.3, 0.4) is 0 Å². The molecule has 0 aliphatic rings. The van der Waals surface area contributed by atoms with Crippen molar-refractivity contribution in [3.8, 4) is 0 Å². The Hall–Kier alpha value is -3.47. The average molecular weight is 373 g/mol. The predicted molar refractivity (Wildman–Crippen MR) is 109 cm³/mol. The summed E-state index contributed by atoms with van der Waals surface area (Å²) in [5.41, 5.74) is 2.46. The van der Waals surface area contributed by atoms with E-state index in [0.29, 0.717) is 18.5 Å². The van der Waals surface area contributed by atoms with Crippen molar-refractivity contribution in [2.24, 2.45) is 0 Å². The molecule has 2 amide bonds. The third-order valence-corrected chi connectivity index (χ3v) is 4.44. The largest absolute Gasteiger partial charge is 0.340 e. The van der Waals surface area contributed by atoms with Gasteiger partial charge >= 0.3 is 0 Å². The zero-order valence-corrected chi connectivity index (χ0v) is 15.8. The van der Waals surface area contributed by atoms with Crippen molar-refractivity contribution < 1.29 is 9.59 Å². The Bertz CT molecular complexity index is 899. The van der Waals surface area contributed by atoms with E-state index in [4.69, 9.17) is 0 Å². The van der Waals surface area contributed by atoms with E-state index in [2.05, 4.69) is 10.3 Å². The van der Waals surface area contributed by atoms with Gasteiger partial charge in [0.15, 0.2) is 0 Å². The third kappa shape index (κ3) is 5.27. The van der Waals surface area contributed by atoms with Gasteiger partial charge in [-0.1, -0.05) is 54.6 Å². The van der Waals surface area contributed by atoms with Gasteiger partial charge in [-0.05, 0) is 29.3 Å². The molecule has 0 spiro atoms. The Labute approximate surface area is 165 Å². The number of hydrogen-bond donors (Lipinski definition) is 1. The molecular formula is C23H23N3O2. The first-order valence-corrected chi connectivity index (χ1v) is 9.17. The number of carbonyl (C=O) groups excluding carboxylic acids is 2. The smallest absolute Gasteiger partial charge is 0.251 e. The highest BCUT2D eigenvalue weighted by Crippen LogP contribution is 2.09. The Morgan fingerprint density at radius 1 is 0.929 bits per heavy atom. The summed E-state index contributed by atoms with van der Waals surface area (Å²) in [5.74, 6) is -0.401. The van der Waals surface area contributed by atoms with Crippen LogP contribution in [0.4, 0.5) is 0 Å². The highest BCUT2D eigenvalue weighted by atomic mass is 16.2. The van der Waals surface area contributed by atoms with Crippen molar-refractivity contribution in [1.82, 2.24) is 15.2 Å². The molecule has 142 valence electrons. The molecule has 0 bridgehead atoms. The summed E-state index contributed by atoms with van der Waals surface area (Å²) in [6, 6.07) is 21.7. The van der Waals surface area contributed by atoms with Crippen LogP contribution in [0.1, 0.15) is 21.5 Å². The second kappa shape index (κ2) is 9.46. The van der Waals surface area contributed by atoms with Gasteiger partial charge in [0.1, 0.15) is 6.04 Å². The highest BCUT2D eigenvalue weighted by molar-refractivity contribution is 5.97. The van der Waals surface area contributed by atoms with Gasteiger partial charge in [0.25, 0.3) is 5.91 Å². The first-order chi connectivity index (χ1) is 13.6. The molecular weight excluding hydrogens is 350 g/mol. The van der Waals surface area contributed by atoms with Crippen LogP contribution in [0.25, 0.3) is 0 Å². The molecule has 1 N–H and O–H groups in total. The number of rotatable bonds is 7. The van der Waals surface area contributed by atoms with Crippen molar-refractivity contribution in [1.29, 1.82) is 0 Å². The summed E-state index contributed by atoms with van der Waals surface area (Å²) < 4.78 is 0. The van der Waals surface area contributed by atoms with Gasteiger partial charge in [0.2, 0.25) is 5.91 Å². The number of aromatic nitrogens is 1. The Morgan fingerprint density at radius 3 is 2.21 bits per heavy atom. The minimum absolute atomic E-state index is 0.142. The van der Waals surface area contributed by atoms with Crippen molar-refractivity contribution in [3.05, 3.63) is 102 Å². The summed E-state index contributed by atoms with van der Waals surface area (Å²) in [6.07, 6.45) is 3.86. The van der Waals surface area contributed by atoms with E-state index in [-0.39, 0.29) is 11.8 Å². The first-order valence-electron chi connectivity index (χ1n) is 9.17. The standard InChI is InChI=1S/C23H23N3O2/c1-26(17-19-11-8-14-24-16-19)23(28)21(15-18-9-4-2-5-10-18)25-22(27)20-12-6-3-7-13-20/h2-14,16,21H,15,17H2,1H3,(H,25,27). The van der Waals surface area contributed by atoms with Gasteiger partial charge in [-0.15, -0.1) is 0 Å². The minimum atomic E-state index is -0.656. The summed E-state index contributed by atoms with van der Waals surface area (Å²) in [4.78, 5) is 31.5. The molecule has 1 atom stereocenters. The summed E-state index contributed by atoms with van der Waals surface area (Å²) in [6.45, 7) is 0.430. The lowest BCUT2D eigenvalue weighted by Crippen LogP contribution is -2.48. The molecule has 5 heteroatoms. The molecule has 28 heavy (non-hydrogen) atoms. The molecule has 5 nitrogen and oxygen atoms in total. The van der Waals surface area contributed by atoms with E-state index in [1.807, 2.05) is 48.5 Å². The second-order valence-corrected chi connectivity index (χ2v) is 6.64. The maximum atomic E-state index is 13.1. The van der Waals surface area contributed by atoms with Gasteiger partial charge in [-0.25, -0.2) is 0 Å². The zero-order chi connectivity index (χ0) is 19.8. The van der Waals surface area contributed by atoms with Crippen LogP contribution >= 0.6 is 0 Å². The number of benzene rings is 2. The predicted octanol–water partition coefficient (Wildman–Crippen LogP) is 3.08. The van der Waals surface area contributed by atoms with E-state index in [0.717, 1.165) is 11.1 Å². The second-order valence-electron chi connectivity index (χ2n) is 6.64. The minimum Gasteiger partial charge on any atom is -0.340 e. The third-order valence-electron chi connectivity index (χ3n) is 4.44. The van der Waals surface area contributed by atoms with Crippen LogP contribution in [0.15, 0.2) is 85.2 Å². The molecule has 0 aliphatic heterocycles. The molecule has 0 aliphatic carbocycles. The number of nitrogens with zero attached hydrogens (tertiary/aromatic N) is 2. The average Bonchev–Trinajstić information content (AvgIpc) is 2.74. The van der Waals surface area contributed by atoms with Crippen LogP contribution in [-0.4, -0.2) is 34.8 Å². The molecule has 0 saturated heterocycles. The Kier molecular flexibility index (Phi) is 6.52. The molecule has 1 unspecified atom stereocenters. The number of carbonyl (C=O) groups is 2. The van der Waals surface area contributed by atoms with Gasteiger partial charge < -0.3 is 10.2 Å². The molecule has 1 heterocycles. The SMILES string of the molecule is CN(Cc1cccnc1)C(=O)C(Cc1ccccc1)NC(=O)c1ccccc1. The van der Waals surface area contributed by atoms with Gasteiger partial charge in [0.05, 0.1) is 0 Å². The van der Waals surface area contributed by atoms with Crippen molar-refractivity contribution >= 4 is 11.8 Å². The van der Waals surface area contributed by atoms with E-state index in [1.165, 1.54) is 0 Å². The van der Waals surface area contributed by atoms with Crippen molar-refractivity contribution in [2.75, 3.05) is 7.05 Å². The highest BCUT2D eigenvalue weighted by Gasteiger charge is 2.25. The van der Waals surface area contributed by atoms with Crippen LogP contribution in [-0.2, 0) is 17.8 Å². The maximum Gasteiger partial charge on any atom is 0.251 e. The Balaban J connectivity index is 1.76. The van der Waals surface area contributed by atoms with E-state index < -0.39 is 6.04 Å². The number of pyridine rings is 1. The quantitative estimate of drug-likeness (QED) is 0.692. The zero-order valence-electron chi connectivity index (χ0n) is 15.8. The number of likely N-dealkylation sites (N-methyl/N-ethyl adjacent to an activating group) is 1. The lowest BCUT2D eigenvalue weighted by molar-refractivity contribution is -0.132. The van der Waals surface area contributed by atoms with Gasteiger partial charge in [-0.2, -0.15) is 0 Å². The normalized spacial score (nSPS) is 11.5. The van der Waals surface area contributed by atoms with Crippen LogP contribution < -0.4 is 5.32 Å². The topological polar surface area (TPSA) is 62.3 Å². The monoisotopic (exact) mass is 373 g/mol. The summed E-state index contributed by atoms with van der Waals surface area (Å²) in [5, 5.41) is 2.90. The van der Waals surface area contributed by atoms with Crippen molar-refractivity contribution in [2.45, 2.75) is 19.0 Å². The van der Waals surface area contributed by atoms with Crippen LogP contribution in [0.5, 0.6) is 0 Å². The van der Waals surface area contributed by atoms with Gasteiger partial charge in [0, 0.05) is 38.0 Å². The number of amides is 2. The van der Waals surface area contributed by atoms with Gasteiger partial charge in [-0.3, -0.25) is 14.6 Å². The fraction of sp³-hybridized carbons (Fsp3) is 0.174. The molecule has 1 aromatic heterocycles. The van der Waals surface area contributed by atoms with Crippen LogP contribution in [0.2, 0.25) is 0 Å². The molecule has 2 aromatic carbocycles. The van der Waals surface area contributed by atoms with Crippen molar-refractivity contribution in [3.63, 3.8) is 0 Å². The molecule has 3 rings (SSSR count).